The molecule has 2 atom stereocenters. The topological polar surface area (TPSA) is 23.5 Å². The smallest absolute Gasteiger partial charge is 0.0764 e. The molecule has 21 heavy (non-hydrogen) atoms. The number of aliphatic hydroxyl groups excluding tert-OH is 1. The van der Waals surface area contributed by atoms with Gasteiger partial charge in [-0.25, -0.2) is 0 Å². The molecule has 0 saturated carbocycles. The number of nitrogens with zero attached hydrogens (tertiary/aromatic N) is 1. The van der Waals surface area contributed by atoms with E-state index in [1.54, 1.807) is 0 Å². The minimum Gasteiger partial charge on any atom is -0.389 e. The van der Waals surface area contributed by atoms with Crippen LogP contribution >= 0.6 is 11.6 Å². The number of halogens is 1. The number of unbranched alkanes of at least 4 members (excludes halogenated alkanes) is 2. The molecule has 0 fully saturated rings. The van der Waals surface area contributed by atoms with Gasteiger partial charge in [-0.3, -0.25) is 0 Å². The van der Waals surface area contributed by atoms with Gasteiger partial charge < -0.3 is 10.0 Å². The average Bonchev–Trinajstić information content (AvgIpc) is 2.45. The lowest BCUT2D eigenvalue weighted by Gasteiger charge is -2.24. The van der Waals surface area contributed by atoms with Crippen LogP contribution in [0.3, 0.4) is 0 Å². The molecule has 1 aromatic rings. The second kappa shape index (κ2) is 9.99. The van der Waals surface area contributed by atoms with Crippen LogP contribution in [0.1, 0.15) is 38.2 Å². The molecule has 1 N–H and O–H groups in total. The molecule has 0 amide bonds. The minimum absolute atomic E-state index is 0.287. The fraction of sp³-hybridized carbons (Fsp3) is 0.556. The maximum Gasteiger partial charge on any atom is 0.0764 e. The standard InChI is InChI=1S/C18H28ClNO/c1-4-5-6-7-16(14-20(2)3)18(21)13-10-15-8-11-17(19)12-9-15/h8-13,16,18,21H,4-7,14H2,1-3H3/b13-10+/t16-,18-/m1/s1. The highest BCUT2D eigenvalue weighted by atomic mass is 35.5. The van der Waals surface area contributed by atoms with Gasteiger partial charge in [0.2, 0.25) is 0 Å². The zero-order chi connectivity index (χ0) is 15.7. The van der Waals surface area contributed by atoms with Crippen molar-refractivity contribution in [3.63, 3.8) is 0 Å². The maximum absolute atomic E-state index is 10.4. The average molecular weight is 310 g/mol. The van der Waals surface area contributed by atoms with Crippen molar-refractivity contribution in [2.45, 2.75) is 38.7 Å². The first-order valence-corrected chi connectivity index (χ1v) is 8.17. The Morgan fingerprint density at radius 1 is 1.19 bits per heavy atom. The third kappa shape index (κ3) is 7.66. The van der Waals surface area contributed by atoms with E-state index < -0.39 is 6.10 Å². The second-order valence-electron chi connectivity index (χ2n) is 5.92. The Kier molecular flexibility index (Phi) is 8.67. The van der Waals surface area contributed by atoms with Crippen molar-refractivity contribution in [1.82, 2.24) is 4.90 Å². The monoisotopic (exact) mass is 309 g/mol. The van der Waals surface area contributed by atoms with E-state index in [0.29, 0.717) is 0 Å². The molecule has 118 valence electrons. The van der Waals surface area contributed by atoms with Crippen LogP contribution in [-0.2, 0) is 0 Å². The molecular formula is C18H28ClNO. The van der Waals surface area contributed by atoms with Crippen LogP contribution < -0.4 is 0 Å². The summed E-state index contributed by atoms with van der Waals surface area (Å²) in [4.78, 5) is 2.15. The first-order valence-electron chi connectivity index (χ1n) is 7.79. The molecule has 3 heteroatoms. The van der Waals surface area contributed by atoms with Gasteiger partial charge in [0.15, 0.2) is 0 Å². The summed E-state index contributed by atoms with van der Waals surface area (Å²) in [5, 5.41) is 11.2. The molecule has 1 aromatic carbocycles. The van der Waals surface area contributed by atoms with Gasteiger partial charge in [-0.05, 0) is 38.2 Å². The van der Waals surface area contributed by atoms with Crippen molar-refractivity contribution in [1.29, 1.82) is 0 Å². The highest BCUT2D eigenvalue weighted by Gasteiger charge is 2.17. The Bertz CT molecular complexity index is 414. The summed E-state index contributed by atoms with van der Waals surface area (Å²) in [7, 11) is 4.12. The van der Waals surface area contributed by atoms with E-state index in [2.05, 4.69) is 25.9 Å². The Labute approximate surface area is 134 Å². The van der Waals surface area contributed by atoms with E-state index in [1.165, 1.54) is 19.3 Å². The Hall–Kier alpha value is -0.830. The van der Waals surface area contributed by atoms with Gasteiger partial charge in [0.1, 0.15) is 0 Å². The third-order valence-electron chi connectivity index (χ3n) is 3.62. The fourth-order valence-electron chi connectivity index (χ4n) is 2.44. The molecule has 0 radical (unpaired) electrons. The van der Waals surface area contributed by atoms with Crippen LogP contribution in [0.2, 0.25) is 5.02 Å². The van der Waals surface area contributed by atoms with E-state index in [0.717, 1.165) is 23.6 Å². The molecule has 0 aliphatic rings. The largest absolute Gasteiger partial charge is 0.389 e. The van der Waals surface area contributed by atoms with Gasteiger partial charge in [-0.15, -0.1) is 0 Å². The van der Waals surface area contributed by atoms with Gasteiger partial charge in [0, 0.05) is 17.5 Å². The number of aliphatic hydroxyl groups is 1. The quantitative estimate of drug-likeness (QED) is 0.680. The number of benzene rings is 1. The Morgan fingerprint density at radius 3 is 2.43 bits per heavy atom. The van der Waals surface area contributed by atoms with E-state index in [1.807, 2.05) is 36.4 Å². The third-order valence-corrected chi connectivity index (χ3v) is 3.87. The molecule has 0 bridgehead atoms. The van der Waals surface area contributed by atoms with Crippen LogP contribution in [0.25, 0.3) is 6.08 Å². The molecule has 0 aromatic heterocycles. The van der Waals surface area contributed by atoms with Crippen LogP contribution in [0.5, 0.6) is 0 Å². The fourth-order valence-corrected chi connectivity index (χ4v) is 2.56. The van der Waals surface area contributed by atoms with Crippen LogP contribution in [-0.4, -0.2) is 36.8 Å². The minimum atomic E-state index is -0.403. The van der Waals surface area contributed by atoms with Crippen LogP contribution in [0.4, 0.5) is 0 Å². The van der Waals surface area contributed by atoms with Crippen LogP contribution in [0, 0.1) is 5.92 Å². The number of rotatable bonds is 9. The predicted octanol–water partition coefficient (Wildman–Crippen LogP) is 4.47. The summed E-state index contributed by atoms with van der Waals surface area (Å²) in [5.41, 5.74) is 1.07. The summed E-state index contributed by atoms with van der Waals surface area (Å²) < 4.78 is 0. The van der Waals surface area contributed by atoms with Crippen LogP contribution in [0.15, 0.2) is 30.3 Å². The van der Waals surface area contributed by atoms with Gasteiger partial charge in [-0.1, -0.05) is 62.1 Å². The van der Waals surface area contributed by atoms with Gasteiger partial charge >= 0.3 is 0 Å². The lowest BCUT2D eigenvalue weighted by Crippen LogP contribution is -2.30. The lowest BCUT2D eigenvalue weighted by molar-refractivity contribution is 0.122. The van der Waals surface area contributed by atoms with Gasteiger partial charge in [0.25, 0.3) is 0 Å². The Morgan fingerprint density at radius 2 is 1.86 bits per heavy atom. The summed E-state index contributed by atoms with van der Waals surface area (Å²) >= 11 is 5.87. The molecular weight excluding hydrogens is 282 g/mol. The highest BCUT2D eigenvalue weighted by Crippen LogP contribution is 2.18. The van der Waals surface area contributed by atoms with E-state index >= 15 is 0 Å². The number of hydrogen-bond donors (Lipinski definition) is 1. The first-order chi connectivity index (χ1) is 10.0. The van der Waals surface area contributed by atoms with Crippen molar-refractivity contribution >= 4 is 17.7 Å². The zero-order valence-electron chi connectivity index (χ0n) is 13.4. The summed E-state index contributed by atoms with van der Waals surface area (Å²) in [6.07, 6.45) is 8.18. The summed E-state index contributed by atoms with van der Waals surface area (Å²) in [6.45, 7) is 3.12. The van der Waals surface area contributed by atoms with Crippen molar-refractivity contribution in [2.75, 3.05) is 20.6 Å². The van der Waals surface area contributed by atoms with Crippen molar-refractivity contribution < 1.29 is 5.11 Å². The SMILES string of the molecule is CCCCC[C@H](CN(C)C)[C@H](O)/C=C/c1ccc(Cl)cc1. The first kappa shape index (κ1) is 18.2. The molecule has 0 aliphatic carbocycles. The van der Waals surface area contributed by atoms with E-state index in [9.17, 15) is 5.11 Å². The molecule has 0 spiro atoms. The summed E-state index contributed by atoms with van der Waals surface area (Å²) in [5.74, 6) is 0.287. The van der Waals surface area contributed by atoms with E-state index in [4.69, 9.17) is 11.6 Å². The molecule has 1 rings (SSSR count). The van der Waals surface area contributed by atoms with E-state index in [-0.39, 0.29) is 5.92 Å². The molecule has 0 heterocycles. The second-order valence-corrected chi connectivity index (χ2v) is 6.36. The highest BCUT2D eigenvalue weighted by molar-refractivity contribution is 6.30. The van der Waals surface area contributed by atoms with Crippen molar-refractivity contribution in [2.24, 2.45) is 5.92 Å². The lowest BCUT2D eigenvalue weighted by atomic mass is 9.94. The normalized spacial score (nSPS) is 14.8. The van der Waals surface area contributed by atoms with Crippen molar-refractivity contribution in [3.8, 4) is 0 Å². The molecule has 2 nitrogen and oxygen atoms in total. The van der Waals surface area contributed by atoms with Gasteiger partial charge in [0.05, 0.1) is 6.10 Å². The molecule has 0 saturated heterocycles. The maximum atomic E-state index is 10.4. The summed E-state index contributed by atoms with van der Waals surface area (Å²) in [6, 6.07) is 7.66. The predicted molar refractivity (Wildman–Crippen MR) is 92.7 cm³/mol. The number of hydrogen-bond acceptors (Lipinski definition) is 2. The van der Waals surface area contributed by atoms with Crippen molar-refractivity contribution in [3.05, 3.63) is 40.9 Å². The molecule has 0 unspecified atom stereocenters. The Balaban J connectivity index is 2.61. The molecule has 0 aliphatic heterocycles. The van der Waals surface area contributed by atoms with Gasteiger partial charge in [-0.2, -0.15) is 0 Å². The zero-order valence-corrected chi connectivity index (χ0v) is 14.2.